The van der Waals surface area contributed by atoms with Crippen LogP contribution in [0.15, 0.2) is 12.1 Å². The van der Waals surface area contributed by atoms with Crippen molar-refractivity contribution < 1.29 is 28.7 Å². The van der Waals surface area contributed by atoms with Gasteiger partial charge in [0.2, 0.25) is 5.82 Å². The standard InChI is InChI=1S/C8H5F2NO5/c9-3-1-4(7(12)8(13)14)6(11(15)16)5(10)2-3/h1-2,7,12H,(H,13,14)/t7-/m0/s1. The Morgan fingerprint density at radius 2 is 2.00 bits per heavy atom. The Labute approximate surface area is 86.9 Å². The molecule has 1 aromatic rings. The molecule has 8 heteroatoms. The van der Waals surface area contributed by atoms with Crippen LogP contribution in [0, 0.1) is 21.7 Å². The highest BCUT2D eigenvalue weighted by atomic mass is 19.1. The van der Waals surface area contributed by atoms with E-state index in [4.69, 9.17) is 10.2 Å². The van der Waals surface area contributed by atoms with Crippen molar-refractivity contribution in [3.63, 3.8) is 0 Å². The molecular formula is C8H5F2NO5. The highest BCUT2D eigenvalue weighted by Gasteiger charge is 2.30. The van der Waals surface area contributed by atoms with E-state index in [-0.39, 0.29) is 6.07 Å². The molecule has 0 saturated heterocycles. The predicted molar refractivity (Wildman–Crippen MR) is 45.6 cm³/mol. The summed E-state index contributed by atoms with van der Waals surface area (Å²) in [6.45, 7) is 0. The van der Waals surface area contributed by atoms with Crippen molar-refractivity contribution >= 4 is 11.7 Å². The third-order valence-electron chi connectivity index (χ3n) is 1.77. The van der Waals surface area contributed by atoms with Crippen LogP contribution in [-0.2, 0) is 4.79 Å². The van der Waals surface area contributed by atoms with Crippen molar-refractivity contribution in [2.75, 3.05) is 0 Å². The van der Waals surface area contributed by atoms with E-state index in [0.29, 0.717) is 6.07 Å². The van der Waals surface area contributed by atoms with E-state index in [1.54, 1.807) is 0 Å². The van der Waals surface area contributed by atoms with Gasteiger partial charge in [-0.05, 0) is 6.07 Å². The molecule has 1 atom stereocenters. The van der Waals surface area contributed by atoms with E-state index in [1.165, 1.54) is 0 Å². The van der Waals surface area contributed by atoms with Crippen molar-refractivity contribution in [1.29, 1.82) is 0 Å². The average molecular weight is 233 g/mol. The first-order chi connectivity index (χ1) is 7.34. The van der Waals surface area contributed by atoms with Gasteiger partial charge >= 0.3 is 11.7 Å². The van der Waals surface area contributed by atoms with E-state index >= 15 is 0 Å². The molecule has 0 aliphatic carbocycles. The molecule has 0 unspecified atom stereocenters. The molecule has 6 nitrogen and oxygen atoms in total. The lowest BCUT2D eigenvalue weighted by molar-refractivity contribution is -0.388. The van der Waals surface area contributed by atoms with Crippen LogP contribution in [0.2, 0.25) is 0 Å². The Hall–Kier alpha value is -2.09. The highest BCUT2D eigenvalue weighted by Crippen LogP contribution is 2.29. The quantitative estimate of drug-likeness (QED) is 0.598. The van der Waals surface area contributed by atoms with Gasteiger partial charge in [0.25, 0.3) is 0 Å². The normalized spacial score (nSPS) is 12.2. The summed E-state index contributed by atoms with van der Waals surface area (Å²) in [5.41, 5.74) is -2.19. The topological polar surface area (TPSA) is 101 Å². The SMILES string of the molecule is O=C(O)[C@@H](O)c1cc(F)cc(F)c1[N+](=O)[O-]. The van der Waals surface area contributed by atoms with Gasteiger partial charge in [-0.1, -0.05) is 0 Å². The fourth-order valence-corrected chi connectivity index (χ4v) is 1.12. The molecule has 1 rings (SSSR count). The molecular weight excluding hydrogens is 228 g/mol. The summed E-state index contributed by atoms with van der Waals surface area (Å²) in [4.78, 5) is 19.6. The molecule has 16 heavy (non-hydrogen) atoms. The lowest BCUT2D eigenvalue weighted by Crippen LogP contribution is -2.13. The first-order valence-corrected chi connectivity index (χ1v) is 3.88. The molecule has 0 spiro atoms. The van der Waals surface area contributed by atoms with Gasteiger partial charge in [0.15, 0.2) is 6.10 Å². The number of benzene rings is 1. The Morgan fingerprint density at radius 1 is 1.44 bits per heavy atom. The zero-order valence-electron chi connectivity index (χ0n) is 7.55. The number of carbonyl (C=O) groups is 1. The van der Waals surface area contributed by atoms with Crippen molar-refractivity contribution in [2.45, 2.75) is 6.10 Å². The molecule has 1 aromatic carbocycles. The highest BCUT2D eigenvalue weighted by molar-refractivity contribution is 5.75. The molecule has 0 amide bonds. The molecule has 2 N–H and O–H groups in total. The number of carboxylic acid groups (broad SMARTS) is 1. The van der Waals surface area contributed by atoms with E-state index in [2.05, 4.69) is 0 Å². The Bertz CT molecular complexity index is 462. The second-order valence-electron chi connectivity index (χ2n) is 2.82. The van der Waals surface area contributed by atoms with Crippen LogP contribution < -0.4 is 0 Å². The fraction of sp³-hybridized carbons (Fsp3) is 0.125. The first kappa shape index (κ1) is 12.0. The van der Waals surface area contributed by atoms with Crippen LogP contribution in [0.25, 0.3) is 0 Å². The van der Waals surface area contributed by atoms with E-state index in [9.17, 15) is 23.7 Å². The van der Waals surface area contributed by atoms with Crippen molar-refractivity contribution in [2.24, 2.45) is 0 Å². The largest absolute Gasteiger partial charge is 0.479 e. The number of aliphatic hydroxyl groups excluding tert-OH is 1. The van der Waals surface area contributed by atoms with Crippen molar-refractivity contribution in [3.8, 4) is 0 Å². The molecule has 86 valence electrons. The average Bonchev–Trinajstić information content (AvgIpc) is 2.14. The number of nitro groups is 1. The molecule has 0 radical (unpaired) electrons. The summed E-state index contributed by atoms with van der Waals surface area (Å²) in [5, 5.41) is 27.9. The number of carboxylic acids is 1. The van der Waals surface area contributed by atoms with Crippen LogP contribution in [-0.4, -0.2) is 21.1 Å². The van der Waals surface area contributed by atoms with Crippen LogP contribution in [0.5, 0.6) is 0 Å². The molecule has 0 saturated carbocycles. The summed E-state index contributed by atoms with van der Waals surface area (Å²) in [5.74, 6) is -4.59. The molecule has 0 aromatic heterocycles. The monoisotopic (exact) mass is 233 g/mol. The van der Waals surface area contributed by atoms with Crippen LogP contribution in [0.1, 0.15) is 11.7 Å². The van der Waals surface area contributed by atoms with Crippen LogP contribution in [0.4, 0.5) is 14.5 Å². The van der Waals surface area contributed by atoms with Gasteiger partial charge in [0.05, 0.1) is 10.5 Å². The van der Waals surface area contributed by atoms with Gasteiger partial charge < -0.3 is 10.2 Å². The lowest BCUT2D eigenvalue weighted by Gasteiger charge is -2.07. The van der Waals surface area contributed by atoms with Crippen molar-refractivity contribution in [1.82, 2.24) is 0 Å². The molecule has 0 aliphatic rings. The third-order valence-corrected chi connectivity index (χ3v) is 1.77. The lowest BCUT2D eigenvalue weighted by atomic mass is 10.1. The number of hydrogen-bond acceptors (Lipinski definition) is 4. The number of aliphatic hydroxyl groups is 1. The summed E-state index contributed by atoms with van der Waals surface area (Å²) < 4.78 is 25.7. The number of aliphatic carboxylic acids is 1. The van der Waals surface area contributed by atoms with E-state index < -0.39 is 39.9 Å². The number of halogens is 2. The van der Waals surface area contributed by atoms with Gasteiger partial charge in [0, 0.05) is 6.07 Å². The molecule has 0 fully saturated rings. The Morgan fingerprint density at radius 3 is 2.44 bits per heavy atom. The van der Waals surface area contributed by atoms with Crippen molar-refractivity contribution in [3.05, 3.63) is 39.4 Å². The predicted octanol–water partition coefficient (Wildman–Crippen LogP) is 0.991. The summed E-state index contributed by atoms with van der Waals surface area (Å²) >= 11 is 0. The summed E-state index contributed by atoms with van der Waals surface area (Å²) in [6.07, 6.45) is -2.36. The maximum Gasteiger partial charge on any atom is 0.337 e. The minimum Gasteiger partial charge on any atom is -0.479 e. The number of rotatable bonds is 3. The fourth-order valence-electron chi connectivity index (χ4n) is 1.12. The van der Waals surface area contributed by atoms with Gasteiger partial charge in [0.1, 0.15) is 5.82 Å². The number of hydrogen-bond donors (Lipinski definition) is 2. The zero-order valence-corrected chi connectivity index (χ0v) is 7.55. The second kappa shape index (κ2) is 4.19. The number of nitro benzene ring substituents is 1. The third kappa shape index (κ3) is 2.11. The van der Waals surface area contributed by atoms with Gasteiger partial charge in [-0.15, -0.1) is 0 Å². The number of nitrogens with zero attached hydrogens (tertiary/aromatic N) is 1. The molecule has 0 bridgehead atoms. The Kier molecular flexibility index (Phi) is 3.14. The van der Waals surface area contributed by atoms with Crippen LogP contribution >= 0.6 is 0 Å². The zero-order chi connectivity index (χ0) is 12.5. The van der Waals surface area contributed by atoms with E-state index in [0.717, 1.165) is 0 Å². The van der Waals surface area contributed by atoms with Gasteiger partial charge in [-0.25, -0.2) is 9.18 Å². The summed E-state index contributed by atoms with van der Waals surface area (Å²) in [7, 11) is 0. The minimum atomic E-state index is -2.36. The Balaban J connectivity index is 3.46. The second-order valence-corrected chi connectivity index (χ2v) is 2.82. The first-order valence-electron chi connectivity index (χ1n) is 3.88. The molecule has 0 heterocycles. The van der Waals surface area contributed by atoms with Gasteiger partial charge in [-0.3, -0.25) is 10.1 Å². The van der Waals surface area contributed by atoms with Gasteiger partial charge in [-0.2, -0.15) is 4.39 Å². The van der Waals surface area contributed by atoms with Crippen LogP contribution in [0.3, 0.4) is 0 Å². The maximum absolute atomic E-state index is 13.0. The smallest absolute Gasteiger partial charge is 0.337 e. The minimum absolute atomic E-state index is 0.232. The van der Waals surface area contributed by atoms with E-state index in [1.807, 2.05) is 0 Å². The summed E-state index contributed by atoms with van der Waals surface area (Å²) in [6, 6.07) is 0.635. The maximum atomic E-state index is 13.0. The molecule has 0 aliphatic heterocycles.